The van der Waals surface area contributed by atoms with E-state index >= 15 is 0 Å². The van der Waals surface area contributed by atoms with Crippen molar-refractivity contribution in [2.24, 2.45) is 10.9 Å². The molecule has 1 aromatic rings. The number of carbonyl (C=O) groups excluding carboxylic acids is 3. The van der Waals surface area contributed by atoms with E-state index in [1.807, 2.05) is 45.0 Å². The Labute approximate surface area is 214 Å². The number of aryl methyl sites for hydroxylation is 1. The minimum Gasteiger partial charge on any atom is -0.467 e. The predicted molar refractivity (Wildman–Crippen MR) is 138 cm³/mol. The molecule has 9 nitrogen and oxygen atoms in total. The van der Waals surface area contributed by atoms with Crippen molar-refractivity contribution in [1.82, 2.24) is 10.2 Å². The third-order valence-electron chi connectivity index (χ3n) is 5.50. The molecule has 3 atom stereocenters. The summed E-state index contributed by atoms with van der Waals surface area (Å²) in [4.78, 5) is 45.2. The Bertz CT molecular complexity index is 973. The number of amidine groups is 1. The van der Waals surface area contributed by atoms with Gasteiger partial charge in [0.2, 0.25) is 0 Å². The van der Waals surface area contributed by atoms with Crippen LogP contribution in [0.5, 0.6) is 0 Å². The van der Waals surface area contributed by atoms with Crippen LogP contribution in [-0.2, 0) is 19.0 Å². The fourth-order valence-electron chi connectivity index (χ4n) is 3.97. The molecule has 2 amide bonds. The van der Waals surface area contributed by atoms with Gasteiger partial charge in [-0.1, -0.05) is 43.7 Å². The highest BCUT2D eigenvalue weighted by molar-refractivity contribution is 6.04. The molecule has 9 heteroatoms. The van der Waals surface area contributed by atoms with E-state index in [9.17, 15) is 14.4 Å². The molecule has 0 aromatic heterocycles. The van der Waals surface area contributed by atoms with Crippen LogP contribution in [0.4, 0.5) is 9.59 Å². The second kappa shape index (κ2) is 11.3. The van der Waals surface area contributed by atoms with E-state index in [0.717, 1.165) is 11.1 Å². The van der Waals surface area contributed by atoms with Gasteiger partial charge in [-0.25, -0.2) is 19.3 Å². The van der Waals surface area contributed by atoms with E-state index in [4.69, 9.17) is 14.2 Å². The SMILES string of the molecule is COC(=O)[C@H](C(C)C)N(C(=O)OC(C)(C)C)C1=NC[C@@H](c2ccc(C)cc2)[C@H]1NC(=O)OC(C)(C)C. The monoisotopic (exact) mass is 503 g/mol. The first kappa shape index (κ1) is 29.1. The fraction of sp³-hybridized carbons (Fsp3) is 0.630. The van der Waals surface area contributed by atoms with Gasteiger partial charge in [0.1, 0.15) is 23.1 Å². The highest BCUT2D eigenvalue weighted by Crippen LogP contribution is 2.31. The van der Waals surface area contributed by atoms with E-state index < -0.39 is 41.4 Å². The number of rotatable bonds is 5. The first-order valence-corrected chi connectivity index (χ1v) is 12.2. The summed E-state index contributed by atoms with van der Waals surface area (Å²) in [6, 6.07) is 6.15. The normalized spacial score (nSPS) is 18.8. The van der Waals surface area contributed by atoms with Gasteiger partial charge < -0.3 is 19.5 Å². The van der Waals surface area contributed by atoms with Gasteiger partial charge in [-0.2, -0.15) is 0 Å². The average molecular weight is 504 g/mol. The number of carbonyl (C=O) groups is 3. The van der Waals surface area contributed by atoms with Gasteiger partial charge in [0.05, 0.1) is 19.7 Å². The number of benzene rings is 1. The molecule has 1 aliphatic rings. The number of esters is 1. The Hall–Kier alpha value is -3.10. The third-order valence-corrected chi connectivity index (χ3v) is 5.50. The molecule has 1 heterocycles. The van der Waals surface area contributed by atoms with E-state index in [1.165, 1.54) is 12.0 Å². The lowest BCUT2D eigenvalue weighted by Crippen LogP contribution is -2.58. The van der Waals surface area contributed by atoms with Crippen LogP contribution in [0.15, 0.2) is 29.3 Å². The van der Waals surface area contributed by atoms with Crippen LogP contribution in [0.3, 0.4) is 0 Å². The topological polar surface area (TPSA) is 107 Å². The van der Waals surface area contributed by atoms with Crippen LogP contribution < -0.4 is 5.32 Å². The molecule has 36 heavy (non-hydrogen) atoms. The van der Waals surface area contributed by atoms with E-state index in [-0.39, 0.29) is 17.7 Å². The van der Waals surface area contributed by atoms with Crippen LogP contribution >= 0.6 is 0 Å². The summed E-state index contributed by atoms with van der Waals surface area (Å²) in [5.74, 6) is -0.991. The lowest BCUT2D eigenvalue weighted by molar-refractivity contribution is -0.147. The predicted octanol–water partition coefficient (Wildman–Crippen LogP) is 4.82. The standard InChI is InChI=1S/C27H41N3O6/c1-16(2)21(23(31)34-10)30(25(33)36-27(7,8)9)22-20(29-24(32)35-26(4,5)6)19(15-28-22)18-13-11-17(3)12-14-18/h11-14,16,19-21H,15H2,1-10H3,(H,29,32)/t19-,20+,21-/m0/s1. The maximum Gasteiger partial charge on any atom is 0.416 e. The second-order valence-electron chi connectivity index (χ2n) is 11.4. The molecule has 1 aromatic carbocycles. The van der Waals surface area contributed by atoms with Crippen molar-refractivity contribution in [2.45, 2.75) is 91.5 Å². The number of methoxy groups -OCH3 is 1. The molecular weight excluding hydrogens is 462 g/mol. The van der Waals surface area contributed by atoms with Gasteiger partial charge in [0, 0.05) is 5.92 Å². The zero-order valence-electron chi connectivity index (χ0n) is 23.2. The summed E-state index contributed by atoms with van der Waals surface area (Å²) in [5.41, 5.74) is 0.479. The van der Waals surface area contributed by atoms with E-state index in [1.54, 1.807) is 41.5 Å². The Morgan fingerprint density at radius 1 is 1.00 bits per heavy atom. The number of nitrogens with one attached hydrogen (secondary N) is 1. The van der Waals surface area contributed by atoms with E-state index in [0.29, 0.717) is 6.54 Å². The zero-order chi connectivity index (χ0) is 27.4. The third kappa shape index (κ3) is 7.70. The van der Waals surface area contributed by atoms with Crippen LogP contribution in [0.1, 0.15) is 72.4 Å². The molecular formula is C27H41N3O6. The van der Waals surface area contributed by atoms with Crippen molar-refractivity contribution < 1.29 is 28.6 Å². The molecule has 0 radical (unpaired) electrons. The molecule has 0 unspecified atom stereocenters. The minimum absolute atomic E-state index is 0.227. The highest BCUT2D eigenvalue weighted by atomic mass is 16.6. The van der Waals surface area contributed by atoms with Gasteiger partial charge in [-0.05, 0) is 59.9 Å². The van der Waals surface area contributed by atoms with Crippen LogP contribution in [-0.4, -0.2) is 65.8 Å². The summed E-state index contributed by atoms with van der Waals surface area (Å²) >= 11 is 0. The smallest absolute Gasteiger partial charge is 0.416 e. The minimum atomic E-state index is -1.01. The van der Waals surface area contributed by atoms with Gasteiger partial charge in [-0.15, -0.1) is 0 Å². The number of aliphatic imine (C=N–C) groups is 1. The first-order valence-electron chi connectivity index (χ1n) is 12.2. The Morgan fingerprint density at radius 2 is 1.56 bits per heavy atom. The van der Waals surface area contributed by atoms with Gasteiger partial charge in [0.25, 0.3) is 0 Å². The van der Waals surface area contributed by atoms with E-state index in [2.05, 4.69) is 10.3 Å². The summed E-state index contributed by atoms with van der Waals surface area (Å²) in [7, 11) is 1.27. The Balaban J connectivity index is 2.59. The lowest BCUT2D eigenvalue weighted by atomic mass is 9.91. The molecule has 1 N–H and O–H groups in total. The highest BCUT2D eigenvalue weighted by Gasteiger charge is 2.46. The average Bonchev–Trinajstić information content (AvgIpc) is 3.11. The number of amides is 2. The quantitative estimate of drug-likeness (QED) is 0.456. The number of ether oxygens (including phenoxy) is 3. The molecule has 1 aliphatic heterocycles. The van der Waals surface area contributed by atoms with Crippen molar-refractivity contribution >= 4 is 24.0 Å². The number of hydrogen-bond acceptors (Lipinski definition) is 7. The largest absolute Gasteiger partial charge is 0.467 e. The summed E-state index contributed by atoms with van der Waals surface area (Å²) in [5, 5.41) is 2.90. The Kier molecular flexibility index (Phi) is 9.15. The molecule has 0 saturated heterocycles. The van der Waals surface area contributed by atoms with Crippen LogP contribution in [0.2, 0.25) is 0 Å². The molecule has 2 rings (SSSR count). The maximum absolute atomic E-state index is 13.5. The van der Waals surface area contributed by atoms with Gasteiger partial charge >= 0.3 is 18.2 Å². The van der Waals surface area contributed by atoms with Gasteiger partial charge in [0.15, 0.2) is 0 Å². The maximum atomic E-state index is 13.5. The summed E-state index contributed by atoms with van der Waals surface area (Å²) < 4.78 is 16.2. The molecule has 0 spiro atoms. The van der Waals surface area contributed by atoms with Crippen molar-refractivity contribution in [2.75, 3.05) is 13.7 Å². The van der Waals surface area contributed by atoms with Crippen LogP contribution in [0, 0.1) is 12.8 Å². The number of nitrogens with zero attached hydrogens (tertiary/aromatic N) is 2. The summed E-state index contributed by atoms with van der Waals surface area (Å²) in [6.07, 6.45) is -1.39. The van der Waals surface area contributed by atoms with Crippen molar-refractivity contribution in [3.63, 3.8) is 0 Å². The second-order valence-corrected chi connectivity index (χ2v) is 11.4. The van der Waals surface area contributed by atoms with Gasteiger partial charge in [-0.3, -0.25) is 4.99 Å². The fourth-order valence-corrected chi connectivity index (χ4v) is 3.97. The first-order chi connectivity index (χ1) is 16.5. The van der Waals surface area contributed by atoms with Crippen molar-refractivity contribution in [3.8, 4) is 0 Å². The van der Waals surface area contributed by atoms with Crippen LogP contribution in [0.25, 0.3) is 0 Å². The zero-order valence-corrected chi connectivity index (χ0v) is 23.2. The molecule has 0 aliphatic carbocycles. The molecule has 200 valence electrons. The molecule has 0 bridgehead atoms. The molecule has 0 fully saturated rings. The lowest BCUT2D eigenvalue weighted by Gasteiger charge is -2.36. The number of alkyl carbamates (subject to hydrolysis) is 1. The number of hydrogen-bond donors (Lipinski definition) is 1. The molecule has 0 saturated carbocycles. The Morgan fingerprint density at radius 3 is 2.03 bits per heavy atom. The van der Waals surface area contributed by atoms with Crippen molar-refractivity contribution in [1.29, 1.82) is 0 Å². The van der Waals surface area contributed by atoms with Crippen molar-refractivity contribution in [3.05, 3.63) is 35.4 Å². The summed E-state index contributed by atoms with van der Waals surface area (Å²) in [6.45, 7) is 16.4.